The van der Waals surface area contributed by atoms with Crippen molar-refractivity contribution in [2.24, 2.45) is 0 Å². The second-order valence-electron chi connectivity index (χ2n) is 5.12. The fraction of sp³-hybridized carbons (Fsp3) is 0.0500. The van der Waals surface area contributed by atoms with Crippen LogP contribution < -0.4 is 0 Å². The molecular formula is C20H16O2S. The second kappa shape index (κ2) is 7.16. The smallest absolute Gasteiger partial charge is 0.336 e. The highest BCUT2D eigenvalue weighted by Crippen LogP contribution is 2.34. The van der Waals surface area contributed by atoms with Crippen LogP contribution in [-0.2, 0) is 5.75 Å². The Bertz CT molecular complexity index is 813. The van der Waals surface area contributed by atoms with Gasteiger partial charge in [0.25, 0.3) is 0 Å². The highest BCUT2D eigenvalue weighted by molar-refractivity contribution is 7.98. The number of benzene rings is 3. The Kier molecular flexibility index (Phi) is 4.79. The van der Waals surface area contributed by atoms with E-state index in [1.54, 1.807) is 23.9 Å². The first kappa shape index (κ1) is 15.4. The predicted molar refractivity (Wildman–Crippen MR) is 94.8 cm³/mol. The molecule has 0 unspecified atom stereocenters. The van der Waals surface area contributed by atoms with Crippen molar-refractivity contribution < 1.29 is 9.90 Å². The molecule has 0 aromatic heterocycles. The van der Waals surface area contributed by atoms with Crippen LogP contribution in [0.5, 0.6) is 0 Å². The molecule has 0 bridgehead atoms. The largest absolute Gasteiger partial charge is 0.478 e. The third-order valence-electron chi connectivity index (χ3n) is 3.57. The molecule has 0 aliphatic rings. The summed E-state index contributed by atoms with van der Waals surface area (Å²) in [4.78, 5) is 12.6. The molecule has 0 heterocycles. The van der Waals surface area contributed by atoms with Gasteiger partial charge in [-0.05, 0) is 28.8 Å². The van der Waals surface area contributed by atoms with Gasteiger partial charge in [0.15, 0.2) is 0 Å². The van der Waals surface area contributed by atoms with Gasteiger partial charge >= 0.3 is 5.97 Å². The van der Waals surface area contributed by atoms with Crippen LogP contribution in [0.3, 0.4) is 0 Å². The van der Waals surface area contributed by atoms with Gasteiger partial charge in [0.05, 0.1) is 5.56 Å². The van der Waals surface area contributed by atoms with Crippen LogP contribution in [0.15, 0.2) is 83.8 Å². The minimum Gasteiger partial charge on any atom is -0.478 e. The Hall–Kier alpha value is -2.52. The first-order valence-electron chi connectivity index (χ1n) is 7.34. The first-order chi connectivity index (χ1) is 11.3. The number of thioether (sulfide) groups is 1. The molecule has 114 valence electrons. The van der Waals surface area contributed by atoms with E-state index >= 15 is 0 Å². The van der Waals surface area contributed by atoms with Crippen molar-refractivity contribution in [1.82, 2.24) is 0 Å². The van der Waals surface area contributed by atoms with E-state index in [2.05, 4.69) is 12.1 Å². The lowest BCUT2D eigenvalue weighted by Gasteiger charge is -2.11. The SMILES string of the molecule is O=C(O)c1ccccc1-c1ccccc1SCc1ccccc1. The molecule has 2 nitrogen and oxygen atoms in total. The fourth-order valence-electron chi connectivity index (χ4n) is 2.45. The number of rotatable bonds is 5. The zero-order chi connectivity index (χ0) is 16.1. The van der Waals surface area contributed by atoms with Crippen LogP contribution in [0.25, 0.3) is 11.1 Å². The number of hydrogen-bond acceptors (Lipinski definition) is 2. The van der Waals surface area contributed by atoms with Crippen molar-refractivity contribution >= 4 is 17.7 Å². The molecule has 0 aliphatic carbocycles. The summed E-state index contributed by atoms with van der Waals surface area (Å²) < 4.78 is 0. The molecule has 0 saturated heterocycles. The van der Waals surface area contributed by atoms with Crippen molar-refractivity contribution in [2.45, 2.75) is 10.6 Å². The van der Waals surface area contributed by atoms with Gasteiger partial charge < -0.3 is 5.11 Å². The Balaban J connectivity index is 1.94. The van der Waals surface area contributed by atoms with Crippen molar-refractivity contribution in [3.05, 3.63) is 90.0 Å². The van der Waals surface area contributed by atoms with Crippen LogP contribution in [-0.4, -0.2) is 11.1 Å². The molecule has 23 heavy (non-hydrogen) atoms. The third kappa shape index (κ3) is 3.63. The quantitative estimate of drug-likeness (QED) is 0.644. The van der Waals surface area contributed by atoms with Crippen LogP contribution in [0.2, 0.25) is 0 Å². The summed E-state index contributed by atoms with van der Waals surface area (Å²) in [5.74, 6) is -0.0453. The number of carbonyl (C=O) groups is 1. The van der Waals surface area contributed by atoms with E-state index in [9.17, 15) is 9.90 Å². The summed E-state index contributed by atoms with van der Waals surface area (Å²) in [6.45, 7) is 0. The van der Waals surface area contributed by atoms with E-state index in [1.807, 2.05) is 54.6 Å². The molecule has 0 amide bonds. The molecule has 3 aromatic rings. The predicted octanol–water partition coefficient (Wildman–Crippen LogP) is 5.34. The van der Waals surface area contributed by atoms with Gasteiger partial charge in [0, 0.05) is 10.6 Å². The van der Waals surface area contributed by atoms with Crippen LogP contribution in [0.1, 0.15) is 15.9 Å². The summed E-state index contributed by atoms with van der Waals surface area (Å²) in [6.07, 6.45) is 0. The number of hydrogen-bond donors (Lipinski definition) is 1. The van der Waals surface area contributed by atoms with E-state index in [4.69, 9.17) is 0 Å². The minimum atomic E-state index is -0.900. The molecule has 0 fully saturated rings. The Labute approximate surface area is 139 Å². The monoisotopic (exact) mass is 320 g/mol. The highest BCUT2D eigenvalue weighted by Gasteiger charge is 2.13. The second-order valence-corrected chi connectivity index (χ2v) is 6.14. The molecule has 0 radical (unpaired) electrons. The molecule has 3 rings (SSSR count). The number of aromatic carboxylic acids is 1. The zero-order valence-electron chi connectivity index (χ0n) is 12.5. The molecule has 3 heteroatoms. The molecule has 0 atom stereocenters. The Morgan fingerprint density at radius 2 is 1.39 bits per heavy atom. The molecule has 1 N–H and O–H groups in total. The standard InChI is InChI=1S/C20H16O2S/c21-20(22)18-12-5-4-10-16(18)17-11-6-7-13-19(17)23-14-15-8-2-1-3-9-15/h1-13H,14H2,(H,21,22). The number of carboxylic acid groups (broad SMARTS) is 1. The lowest BCUT2D eigenvalue weighted by Crippen LogP contribution is -1.99. The maximum absolute atomic E-state index is 11.5. The minimum absolute atomic E-state index is 0.334. The van der Waals surface area contributed by atoms with Gasteiger partial charge in [0.2, 0.25) is 0 Å². The van der Waals surface area contributed by atoms with Gasteiger partial charge in [-0.3, -0.25) is 0 Å². The van der Waals surface area contributed by atoms with Crippen molar-refractivity contribution in [3.63, 3.8) is 0 Å². The van der Waals surface area contributed by atoms with E-state index in [1.165, 1.54) is 5.56 Å². The van der Waals surface area contributed by atoms with Gasteiger partial charge in [0.1, 0.15) is 0 Å². The lowest BCUT2D eigenvalue weighted by atomic mass is 10.00. The average Bonchev–Trinajstić information content (AvgIpc) is 2.61. The van der Waals surface area contributed by atoms with Gasteiger partial charge in [-0.2, -0.15) is 0 Å². The summed E-state index contributed by atoms with van der Waals surface area (Å²) in [6, 6.07) is 25.4. The highest BCUT2D eigenvalue weighted by atomic mass is 32.2. The summed E-state index contributed by atoms with van der Waals surface area (Å²) in [5.41, 5.74) is 3.31. The average molecular weight is 320 g/mol. The maximum atomic E-state index is 11.5. The summed E-state index contributed by atoms with van der Waals surface area (Å²) >= 11 is 1.72. The van der Waals surface area contributed by atoms with Crippen molar-refractivity contribution in [3.8, 4) is 11.1 Å². The topological polar surface area (TPSA) is 37.3 Å². The maximum Gasteiger partial charge on any atom is 0.336 e. The van der Waals surface area contributed by atoms with Crippen LogP contribution >= 0.6 is 11.8 Å². The lowest BCUT2D eigenvalue weighted by molar-refractivity contribution is 0.0697. The normalized spacial score (nSPS) is 10.4. The van der Waals surface area contributed by atoms with E-state index in [0.717, 1.165) is 21.8 Å². The van der Waals surface area contributed by atoms with E-state index in [0.29, 0.717) is 5.56 Å². The van der Waals surface area contributed by atoms with Crippen LogP contribution in [0, 0.1) is 0 Å². The van der Waals surface area contributed by atoms with Crippen molar-refractivity contribution in [1.29, 1.82) is 0 Å². The third-order valence-corrected chi connectivity index (χ3v) is 4.72. The van der Waals surface area contributed by atoms with Gasteiger partial charge in [-0.15, -0.1) is 11.8 Å². The number of carboxylic acids is 1. The summed E-state index contributed by atoms with van der Waals surface area (Å²) in [5, 5.41) is 9.42. The van der Waals surface area contributed by atoms with Crippen molar-refractivity contribution in [2.75, 3.05) is 0 Å². The zero-order valence-corrected chi connectivity index (χ0v) is 13.3. The Morgan fingerprint density at radius 3 is 2.13 bits per heavy atom. The first-order valence-corrected chi connectivity index (χ1v) is 8.33. The fourth-order valence-corrected chi connectivity index (χ4v) is 3.48. The van der Waals surface area contributed by atoms with E-state index < -0.39 is 5.97 Å². The molecular weight excluding hydrogens is 304 g/mol. The molecule has 0 aliphatic heterocycles. The summed E-state index contributed by atoms with van der Waals surface area (Å²) in [7, 11) is 0. The molecule has 0 spiro atoms. The van der Waals surface area contributed by atoms with Gasteiger partial charge in [-0.25, -0.2) is 4.79 Å². The Morgan fingerprint density at radius 1 is 0.783 bits per heavy atom. The molecule has 3 aromatic carbocycles. The van der Waals surface area contributed by atoms with E-state index in [-0.39, 0.29) is 0 Å². The van der Waals surface area contributed by atoms with Crippen LogP contribution in [0.4, 0.5) is 0 Å². The molecule has 0 saturated carbocycles. The van der Waals surface area contributed by atoms with Gasteiger partial charge in [-0.1, -0.05) is 66.7 Å².